The molecule has 2 N–H and O–H groups in total. The molecule has 0 spiro atoms. The van der Waals surface area contributed by atoms with Crippen molar-refractivity contribution >= 4 is 56.0 Å². The Morgan fingerprint density at radius 3 is 2.79 bits per heavy atom. The summed E-state index contributed by atoms with van der Waals surface area (Å²) in [5.74, 6) is -0.166. The minimum absolute atomic E-state index is 0.215. The fraction of sp³-hybridized carbons (Fsp3) is 0.529. The molecule has 3 amide bonds. The van der Waals surface area contributed by atoms with E-state index in [9.17, 15) is 14.4 Å². The maximum Gasteiger partial charge on any atom is 0.408 e. The Hall–Kier alpha value is -2.14. The lowest BCUT2D eigenvalue weighted by molar-refractivity contribution is -0.135. The van der Waals surface area contributed by atoms with Crippen LogP contribution in [0.1, 0.15) is 33.6 Å². The molecular formula is C17H22BrN5O4S. The van der Waals surface area contributed by atoms with Gasteiger partial charge in [0.05, 0.1) is 9.98 Å². The van der Waals surface area contributed by atoms with E-state index in [2.05, 4.69) is 31.5 Å². The number of thiazole rings is 1. The smallest absolute Gasteiger partial charge is 0.408 e. The molecule has 0 radical (unpaired) electrons. The van der Waals surface area contributed by atoms with E-state index in [4.69, 9.17) is 4.74 Å². The van der Waals surface area contributed by atoms with Gasteiger partial charge in [-0.05, 0) is 49.5 Å². The Bertz CT molecular complexity index is 872. The van der Waals surface area contributed by atoms with Gasteiger partial charge in [-0.2, -0.15) is 0 Å². The molecule has 1 saturated heterocycles. The number of nitrogens with one attached hydrogen (secondary N) is 2. The molecule has 1 aliphatic heterocycles. The molecule has 28 heavy (non-hydrogen) atoms. The number of alkyl carbamates (subject to hydrolysis) is 1. The number of ether oxygens (including phenoxy) is 1. The lowest BCUT2D eigenvalue weighted by Gasteiger charge is -2.24. The van der Waals surface area contributed by atoms with Gasteiger partial charge in [0.1, 0.15) is 18.2 Å². The van der Waals surface area contributed by atoms with Gasteiger partial charge in [-0.3, -0.25) is 14.0 Å². The van der Waals surface area contributed by atoms with Crippen molar-refractivity contribution in [1.82, 2.24) is 19.6 Å². The van der Waals surface area contributed by atoms with E-state index >= 15 is 0 Å². The summed E-state index contributed by atoms with van der Waals surface area (Å²) in [4.78, 5) is 43.4. The van der Waals surface area contributed by atoms with Gasteiger partial charge in [0.25, 0.3) is 0 Å². The molecule has 152 valence electrons. The van der Waals surface area contributed by atoms with Crippen LogP contribution in [-0.2, 0) is 14.3 Å². The number of rotatable bonds is 4. The molecule has 9 nitrogen and oxygen atoms in total. The van der Waals surface area contributed by atoms with Gasteiger partial charge in [0.2, 0.25) is 11.8 Å². The number of anilines is 1. The maximum absolute atomic E-state index is 12.6. The van der Waals surface area contributed by atoms with Crippen LogP contribution in [0.25, 0.3) is 4.96 Å². The first-order valence-corrected chi connectivity index (χ1v) is 10.4. The molecule has 0 aliphatic carbocycles. The van der Waals surface area contributed by atoms with E-state index in [-0.39, 0.29) is 18.4 Å². The number of fused-ring (bicyclic) bond motifs is 1. The van der Waals surface area contributed by atoms with Crippen LogP contribution in [0, 0.1) is 0 Å². The summed E-state index contributed by atoms with van der Waals surface area (Å²) in [5.41, 5.74) is -0.642. The summed E-state index contributed by atoms with van der Waals surface area (Å²) >= 11 is 4.84. The summed E-state index contributed by atoms with van der Waals surface area (Å²) in [7, 11) is 0. The summed E-state index contributed by atoms with van der Waals surface area (Å²) in [6.45, 7) is 5.49. The zero-order valence-corrected chi connectivity index (χ0v) is 18.2. The van der Waals surface area contributed by atoms with Crippen LogP contribution < -0.4 is 10.6 Å². The van der Waals surface area contributed by atoms with E-state index in [1.807, 2.05) is 10.6 Å². The predicted octanol–water partition coefficient (Wildman–Crippen LogP) is 2.61. The highest BCUT2D eigenvalue weighted by atomic mass is 79.9. The van der Waals surface area contributed by atoms with Crippen molar-refractivity contribution < 1.29 is 19.1 Å². The predicted molar refractivity (Wildman–Crippen MR) is 108 cm³/mol. The number of hydrogen-bond donors (Lipinski definition) is 2. The number of likely N-dealkylation sites (tertiary alicyclic amines) is 1. The topological polar surface area (TPSA) is 105 Å². The number of hydrogen-bond acceptors (Lipinski definition) is 6. The van der Waals surface area contributed by atoms with E-state index in [0.29, 0.717) is 18.8 Å². The molecule has 0 bridgehead atoms. The molecule has 3 heterocycles. The van der Waals surface area contributed by atoms with Gasteiger partial charge in [-0.15, -0.1) is 0 Å². The normalized spacial score (nSPS) is 17.0. The average molecular weight is 472 g/mol. The van der Waals surface area contributed by atoms with E-state index < -0.39 is 17.7 Å². The van der Waals surface area contributed by atoms with Gasteiger partial charge >= 0.3 is 6.09 Å². The lowest BCUT2D eigenvalue weighted by Crippen LogP contribution is -2.47. The summed E-state index contributed by atoms with van der Waals surface area (Å²) in [6.07, 6.45) is 4.21. The molecule has 2 aromatic rings. The molecule has 3 rings (SSSR count). The maximum atomic E-state index is 12.6. The van der Waals surface area contributed by atoms with Gasteiger partial charge in [0, 0.05) is 12.7 Å². The average Bonchev–Trinajstić information content (AvgIpc) is 3.25. The number of imidazole rings is 1. The van der Waals surface area contributed by atoms with Gasteiger partial charge in [0.15, 0.2) is 10.8 Å². The fourth-order valence-corrected chi connectivity index (χ4v) is 4.29. The first-order valence-electron chi connectivity index (χ1n) is 8.83. The molecule has 1 atom stereocenters. The number of carbonyl (C=O) groups is 3. The van der Waals surface area contributed by atoms with Crippen molar-refractivity contribution in [3.05, 3.63) is 16.2 Å². The van der Waals surface area contributed by atoms with Crippen molar-refractivity contribution in [1.29, 1.82) is 0 Å². The molecule has 1 aliphatic rings. The van der Waals surface area contributed by atoms with Gasteiger partial charge < -0.3 is 20.3 Å². The van der Waals surface area contributed by atoms with Crippen molar-refractivity contribution in [2.45, 2.75) is 45.3 Å². The highest BCUT2D eigenvalue weighted by molar-refractivity contribution is 9.11. The minimum Gasteiger partial charge on any atom is -0.444 e. The van der Waals surface area contributed by atoms with E-state index in [1.165, 1.54) is 16.2 Å². The Labute approximate surface area is 174 Å². The van der Waals surface area contributed by atoms with E-state index in [0.717, 1.165) is 15.2 Å². The molecule has 2 aromatic heterocycles. The molecule has 1 unspecified atom stereocenters. The molecular weight excluding hydrogens is 450 g/mol. The molecule has 0 saturated carbocycles. The number of aromatic nitrogens is 2. The highest BCUT2D eigenvalue weighted by Crippen LogP contribution is 2.25. The van der Waals surface area contributed by atoms with Crippen LogP contribution >= 0.6 is 27.3 Å². The van der Waals surface area contributed by atoms with Crippen molar-refractivity contribution in [3.8, 4) is 0 Å². The third kappa shape index (κ3) is 5.02. The fourth-order valence-electron chi connectivity index (χ4n) is 2.94. The second-order valence-corrected chi connectivity index (χ2v) is 9.83. The highest BCUT2D eigenvalue weighted by Gasteiger charge is 2.34. The van der Waals surface area contributed by atoms with Crippen molar-refractivity contribution in [3.63, 3.8) is 0 Å². The Kier molecular flexibility index (Phi) is 5.94. The Morgan fingerprint density at radius 2 is 2.11 bits per heavy atom. The summed E-state index contributed by atoms with van der Waals surface area (Å²) in [6, 6.07) is -0.584. The van der Waals surface area contributed by atoms with Crippen LogP contribution in [0.4, 0.5) is 10.6 Å². The van der Waals surface area contributed by atoms with Crippen molar-refractivity contribution in [2.75, 3.05) is 18.4 Å². The summed E-state index contributed by atoms with van der Waals surface area (Å²) < 4.78 is 7.88. The zero-order chi connectivity index (χ0) is 20.5. The molecule has 1 fully saturated rings. The Morgan fingerprint density at radius 1 is 1.36 bits per heavy atom. The number of carbonyl (C=O) groups excluding carboxylic acids is 3. The number of amides is 3. The van der Waals surface area contributed by atoms with Crippen molar-refractivity contribution in [2.24, 2.45) is 0 Å². The van der Waals surface area contributed by atoms with Crippen LogP contribution in [-0.4, -0.2) is 56.9 Å². The molecule has 11 heteroatoms. The lowest BCUT2D eigenvalue weighted by atomic mass is 10.2. The monoisotopic (exact) mass is 471 g/mol. The standard InChI is InChI=1S/C17H22BrN5O4S/c1-17(2,3)27-16(26)19-7-13(24)23-6-4-5-10(23)14(25)20-12-9-22-8-11(18)28-15(22)21-12/h8-10H,4-7H2,1-3H3,(H,19,26)(H,20,25). The second-order valence-electron chi connectivity index (χ2n) is 7.44. The number of halogens is 1. The van der Waals surface area contributed by atoms with Crippen LogP contribution in [0.15, 0.2) is 16.2 Å². The number of nitrogens with zero attached hydrogens (tertiary/aromatic N) is 3. The van der Waals surface area contributed by atoms with Crippen LogP contribution in [0.5, 0.6) is 0 Å². The SMILES string of the molecule is CC(C)(C)OC(=O)NCC(=O)N1CCCC1C(=O)Nc1cn2cc(Br)sc2n1. The van der Waals surface area contributed by atoms with Crippen LogP contribution in [0.2, 0.25) is 0 Å². The quantitative estimate of drug-likeness (QED) is 0.712. The minimum atomic E-state index is -0.662. The first-order chi connectivity index (χ1) is 13.1. The third-order valence-electron chi connectivity index (χ3n) is 4.04. The third-order valence-corrected chi connectivity index (χ3v) is 5.51. The first kappa shape index (κ1) is 20.6. The van der Waals surface area contributed by atoms with Gasteiger partial charge in [-0.1, -0.05) is 11.3 Å². The van der Waals surface area contributed by atoms with Crippen LogP contribution in [0.3, 0.4) is 0 Å². The Balaban J connectivity index is 1.56. The zero-order valence-electron chi connectivity index (χ0n) is 15.8. The second kappa shape index (κ2) is 8.08. The molecule has 0 aromatic carbocycles. The van der Waals surface area contributed by atoms with Gasteiger partial charge in [-0.25, -0.2) is 9.78 Å². The summed E-state index contributed by atoms with van der Waals surface area (Å²) in [5, 5.41) is 5.22. The largest absolute Gasteiger partial charge is 0.444 e. The van der Waals surface area contributed by atoms with E-state index in [1.54, 1.807) is 27.0 Å².